The van der Waals surface area contributed by atoms with Gasteiger partial charge in [-0.25, -0.2) is 0 Å². The molecule has 0 radical (unpaired) electrons. The SMILES string of the molecule is CCOc1cc(C2/C(=C(\O)c3ccc(C)cc3)C(=O)C(=O)N2c2ccc(C)c(Cl)c2)ccc1O. The fourth-order valence-corrected chi connectivity index (χ4v) is 4.16. The molecule has 0 bridgehead atoms. The number of aryl methyl sites for hydroxylation is 2. The van der Waals surface area contributed by atoms with Crippen LogP contribution < -0.4 is 9.64 Å². The average molecular weight is 478 g/mol. The van der Waals surface area contributed by atoms with Gasteiger partial charge in [-0.1, -0.05) is 53.6 Å². The van der Waals surface area contributed by atoms with E-state index in [9.17, 15) is 19.8 Å². The summed E-state index contributed by atoms with van der Waals surface area (Å²) < 4.78 is 5.52. The lowest BCUT2D eigenvalue weighted by Crippen LogP contribution is -2.29. The van der Waals surface area contributed by atoms with E-state index in [1.54, 1.807) is 49.4 Å². The Kier molecular flexibility index (Phi) is 6.35. The second-order valence-corrected chi connectivity index (χ2v) is 8.54. The quantitative estimate of drug-likeness (QED) is 0.280. The van der Waals surface area contributed by atoms with Gasteiger partial charge in [0.25, 0.3) is 11.7 Å². The first kappa shape index (κ1) is 23.4. The molecule has 1 aliphatic heterocycles. The van der Waals surface area contributed by atoms with Crippen molar-refractivity contribution in [3.05, 3.63) is 93.5 Å². The summed E-state index contributed by atoms with van der Waals surface area (Å²) in [7, 11) is 0. The van der Waals surface area contributed by atoms with Crippen molar-refractivity contribution in [3.63, 3.8) is 0 Å². The zero-order valence-corrected chi connectivity index (χ0v) is 19.8. The van der Waals surface area contributed by atoms with Gasteiger partial charge in [0, 0.05) is 16.3 Å². The number of ketones is 1. The number of benzene rings is 3. The van der Waals surface area contributed by atoms with Crippen molar-refractivity contribution in [1.82, 2.24) is 0 Å². The minimum absolute atomic E-state index is 0.0568. The average Bonchev–Trinajstić information content (AvgIpc) is 3.08. The summed E-state index contributed by atoms with van der Waals surface area (Å²) in [5, 5.41) is 21.8. The first-order chi connectivity index (χ1) is 16.2. The number of carbonyl (C=O) groups excluding carboxylic acids is 2. The Balaban J connectivity index is 1.97. The summed E-state index contributed by atoms with van der Waals surface area (Å²) in [6.45, 7) is 5.84. The molecule has 2 N–H and O–H groups in total. The highest BCUT2D eigenvalue weighted by molar-refractivity contribution is 6.51. The van der Waals surface area contributed by atoms with Crippen LogP contribution in [0.1, 0.15) is 35.2 Å². The number of aromatic hydroxyl groups is 1. The number of aliphatic hydroxyl groups excluding tert-OH is 1. The number of nitrogens with zero attached hydrogens (tertiary/aromatic N) is 1. The van der Waals surface area contributed by atoms with E-state index in [1.807, 2.05) is 26.0 Å². The van der Waals surface area contributed by atoms with Gasteiger partial charge in [-0.15, -0.1) is 0 Å². The highest BCUT2D eigenvalue weighted by Gasteiger charge is 2.47. The summed E-state index contributed by atoms with van der Waals surface area (Å²) in [5.74, 6) is -1.74. The van der Waals surface area contributed by atoms with Crippen molar-refractivity contribution in [1.29, 1.82) is 0 Å². The predicted molar refractivity (Wildman–Crippen MR) is 131 cm³/mol. The molecular weight excluding hydrogens is 454 g/mol. The van der Waals surface area contributed by atoms with Crippen LogP contribution >= 0.6 is 11.6 Å². The predicted octanol–water partition coefficient (Wildman–Crippen LogP) is 5.69. The number of aliphatic hydroxyl groups is 1. The maximum absolute atomic E-state index is 13.3. The monoisotopic (exact) mass is 477 g/mol. The third kappa shape index (κ3) is 4.13. The smallest absolute Gasteiger partial charge is 0.300 e. The summed E-state index contributed by atoms with van der Waals surface area (Å²) in [5.41, 5.74) is 3.07. The number of phenols is 1. The number of rotatable bonds is 5. The third-order valence-corrected chi connectivity index (χ3v) is 6.21. The minimum Gasteiger partial charge on any atom is -0.507 e. The number of Topliss-reactive ketones (excluding diaryl/α,β-unsaturated/α-hetero) is 1. The molecule has 4 rings (SSSR count). The number of hydrogen-bond donors (Lipinski definition) is 2. The van der Waals surface area contributed by atoms with E-state index in [1.165, 1.54) is 11.0 Å². The number of amides is 1. The summed E-state index contributed by atoms with van der Waals surface area (Å²) >= 11 is 6.33. The van der Waals surface area contributed by atoms with Crippen LogP contribution in [0.4, 0.5) is 5.69 Å². The number of halogens is 1. The largest absolute Gasteiger partial charge is 0.507 e. The van der Waals surface area contributed by atoms with Crippen molar-refractivity contribution in [3.8, 4) is 11.5 Å². The number of ether oxygens (including phenoxy) is 1. The Hall–Kier alpha value is -3.77. The van der Waals surface area contributed by atoms with Gasteiger partial charge < -0.3 is 14.9 Å². The fraction of sp³-hybridized carbons (Fsp3) is 0.185. The van der Waals surface area contributed by atoms with E-state index in [2.05, 4.69) is 0 Å². The van der Waals surface area contributed by atoms with Gasteiger partial charge in [-0.05, 0) is 56.2 Å². The minimum atomic E-state index is -0.958. The Labute approximate surface area is 202 Å². The molecule has 3 aromatic carbocycles. The molecule has 0 spiro atoms. The number of phenolic OH excluding ortho intramolecular Hbond substituents is 1. The molecule has 1 aliphatic rings. The lowest BCUT2D eigenvalue weighted by molar-refractivity contribution is -0.132. The van der Waals surface area contributed by atoms with Crippen molar-refractivity contribution < 1.29 is 24.5 Å². The number of carbonyl (C=O) groups is 2. The van der Waals surface area contributed by atoms with Crippen molar-refractivity contribution in [2.75, 3.05) is 11.5 Å². The standard InChI is InChI=1S/C27H24ClNO5/c1-4-34-22-13-18(10-12-21(22)30)24-23(25(31)17-8-5-15(2)6-9-17)26(32)27(33)29(24)19-11-7-16(3)20(28)14-19/h5-14,24,30-31H,4H2,1-3H3/b25-23+. The molecule has 6 nitrogen and oxygen atoms in total. The van der Waals surface area contributed by atoms with Gasteiger partial charge >= 0.3 is 0 Å². The molecule has 1 fully saturated rings. The van der Waals surface area contributed by atoms with Crippen LogP contribution in [0.5, 0.6) is 11.5 Å². The zero-order chi connectivity index (χ0) is 24.6. The molecule has 0 aromatic heterocycles. The van der Waals surface area contributed by atoms with E-state index in [-0.39, 0.29) is 22.8 Å². The van der Waals surface area contributed by atoms with Crippen LogP contribution in [0, 0.1) is 13.8 Å². The highest BCUT2D eigenvalue weighted by Crippen LogP contribution is 2.44. The van der Waals surface area contributed by atoms with Gasteiger partial charge in [0.2, 0.25) is 0 Å². The number of hydrogen-bond acceptors (Lipinski definition) is 5. The Morgan fingerprint density at radius 3 is 2.38 bits per heavy atom. The third-order valence-electron chi connectivity index (χ3n) is 5.80. The Morgan fingerprint density at radius 1 is 1.03 bits per heavy atom. The van der Waals surface area contributed by atoms with Gasteiger partial charge in [-0.2, -0.15) is 0 Å². The summed E-state index contributed by atoms with van der Waals surface area (Å²) in [4.78, 5) is 27.8. The molecule has 7 heteroatoms. The van der Waals surface area contributed by atoms with E-state index in [4.69, 9.17) is 16.3 Å². The second kappa shape index (κ2) is 9.23. The van der Waals surface area contributed by atoms with E-state index in [0.29, 0.717) is 28.4 Å². The van der Waals surface area contributed by atoms with Crippen molar-refractivity contribution in [2.45, 2.75) is 26.8 Å². The molecule has 174 valence electrons. The maximum atomic E-state index is 13.3. The Morgan fingerprint density at radius 2 is 1.74 bits per heavy atom. The van der Waals surface area contributed by atoms with Crippen LogP contribution in [-0.2, 0) is 9.59 Å². The van der Waals surface area contributed by atoms with E-state index in [0.717, 1.165) is 11.1 Å². The molecule has 0 saturated carbocycles. The molecule has 34 heavy (non-hydrogen) atoms. The second-order valence-electron chi connectivity index (χ2n) is 8.13. The lowest BCUT2D eigenvalue weighted by Gasteiger charge is -2.26. The molecule has 0 aliphatic carbocycles. The highest BCUT2D eigenvalue weighted by atomic mass is 35.5. The molecule has 1 atom stereocenters. The summed E-state index contributed by atoms with van der Waals surface area (Å²) in [6, 6.07) is 15.7. The molecule has 1 amide bonds. The number of anilines is 1. The Bertz CT molecular complexity index is 1310. The molecule has 1 heterocycles. The maximum Gasteiger partial charge on any atom is 0.300 e. The first-order valence-electron chi connectivity index (χ1n) is 10.8. The normalized spacial score (nSPS) is 17.3. The van der Waals surface area contributed by atoms with Crippen LogP contribution in [0.3, 0.4) is 0 Å². The lowest BCUT2D eigenvalue weighted by atomic mass is 9.94. The van der Waals surface area contributed by atoms with Crippen LogP contribution in [0.15, 0.2) is 66.2 Å². The van der Waals surface area contributed by atoms with Gasteiger partial charge in [0.1, 0.15) is 5.76 Å². The fourth-order valence-electron chi connectivity index (χ4n) is 3.98. The van der Waals surface area contributed by atoms with Crippen LogP contribution in [0.2, 0.25) is 5.02 Å². The van der Waals surface area contributed by atoms with E-state index < -0.39 is 17.7 Å². The molecule has 1 saturated heterocycles. The molecule has 1 unspecified atom stereocenters. The zero-order valence-electron chi connectivity index (χ0n) is 19.0. The van der Waals surface area contributed by atoms with Gasteiger partial charge in [0.15, 0.2) is 11.5 Å². The summed E-state index contributed by atoms with van der Waals surface area (Å²) in [6.07, 6.45) is 0. The van der Waals surface area contributed by atoms with Crippen LogP contribution in [-0.4, -0.2) is 28.5 Å². The topological polar surface area (TPSA) is 87.1 Å². The van der Waals surface area contributed by atoms with Crippen LogP contribution in [0.25, 0.3) is 5.76 Å². The van der Waals surface area contributed by atoms with Crippen molar-refractivity contribution in [2.24, 2.45) is 0 Å². The van der Waals surface area contributed by atoms with Gasteiger partial charge in [0.05, 0.1) is 18.2 Å². The van der Waals surface area contributed by atoms with Gasteiger partial charge in [-0.3, -0.25) is 14.5 Å². The van der Waals surface area contributed by atoms with Crippen molar-refractivity contribution >= 4 is 34.7 Å². The first-order valence-corrected chi connectivity index (χ1v) is 11.2. The molecular formula is C27H24ClNO5. The molecule has 3 aromatic rings. The van der Waals surface area contributed by atoms with E-state index >= 15 is 0 Å².